The average Bonchev–Trinajstić information content (AvgIpc) is 2.87. The van der Waals surface area contributed by atoms with Crippen LogP contribution in [0.25, 0.3) is 0 Å². The topological polar surface area (TPSA) is 15.3 Å². The maximum absolute atomic E-state index is 3.79. The standard InChI is InChI=1S/C18H32N2S/c1-14(2)11-15-13-20(9-8-16-7-6-10-21-16)17(12-19-15)18(3,4)5/h6-7,10,14-15,17,19H,8-9,11-13H2,1-5H3. The van der Waals surface area contributed by atoms with Crippen molar-refractivity contribution in [2.75, 3.05) is 19.6 Å². The molecule has 1 aliphatic rings. The van der Waals surface area contributed by atoms with Crippen molar-refractivity contribution in [2.45, 2.75) is 59.5 Å². The first-order chi connectivity index (χ1) is 9.86. The lowest BCUT2D eigenvalue weighted by atomic mass is 9.83. The predicted molar refractivity (Wildman–Crippen MR) is 94.1 cm³/mol. The lowest BCUT2D eigenvalue weighted by Gasteiger charge is -2.47. The minimum atomic E-state index is 0.339. The van der Waals surface area contributed by atoms with Crippen molar-refractivity contribution < 1.29 is 0 Å². The number of piperazine rings is 1. The van der Waals surface area contributed by atoms with Gasteiger partial charge >= 0.3 is 0 Å². The monoisotopic (exact) mass is 308 g/mol. The van der Waals surface area contributed by atoms with Gasteiger partial charge in [0.25, 0.3) is 0 Å². The van der Waals surface area contributed by atoms with E-state index in [1.807, 2.05) is 11.3 Å². The van der Waals surface area contributed by atoms with Crippen LogP contribution in [0.5, 0.6) is 0 Å². The molecule has 3 heteroatoms. The lowest BCUT2D eigenvalue weighted by molar-refractivity contribution is 0.0526. The van der Waals surface area contributed by atoms with Gasteiger partial charge < -0.3 is 5.32 Å². The molecule has 0 bridgehead atoms. The van der Waals surface area contributed by atoms with E-state index in [4.69, 9.17) is 0 Å². The maximum atomic E-state index is 3.79. The lowest BCUT2D eigenvalue weighted by Crippen LogP contribution is -2.61. The summed E-state index contributed by atoms with van der Waals surface area (Å²) in [5.41, 5.74) is 0.339. The minimum Gasteiger partial charge on any atom is -0.311 e. The fourth-order valence-electron chi connectivity index (χ4n) is 3.42. The average molecular weight is 309 g/mol. The van der Waals surface area contributed by atoms with Crippen molar-refractivity contribution in [1.29, 1.82) is 0 Å². The predicted octanol–water partition coefficient (Wildman–Crippen LogP) is 4.03. The number of nitrogens with zero attached hydrogens (tertiary/aromatic N) is 1. The number of rotatable bonds is 5. The van der Waals surface area contributed by atoms with E-state index in [-0.39, 0.29) is 0 Å². The van der Waals surface area contributed by atoms with Crippen molar-refractivity contribution in [2.24, 2.45) is 11.3 Å². The molecule has 2 atom stereocenters. The molecule has 2 heterocycles. The van der Waals surface area contributed by atoms with Crippen LogP contribution < -0.4 is 5.32 Å². The van der Waals surface area contributed by atoms with Gasteiger partial charge in [-0.15, -0.1) is 11.3 Å². The van der Waals surface area contributed by atoms with E-state index in [1.165, 1.54) is 30.8 Å². The number of hydrogen-bond donors (Lipinski definition) is 1. The van der Waals surface area contributed by atoms with E-state index in [0.29, 0.717) is 17.5 Å². The zero-order valence-electron chi connectivity index (χ0n) is 14.4. The Bertz CT molecular complexity index is 405. The number of hydrogen-bond acceptors (Lipinski definition) is 3. The summed E-state index contributed by atoms with van der Waals surface area (Å²) in [5.74, 6) is 0.771. The van der Waals surface area contributed by atoms with Gasteiger partial charge in [-0.3, -0.25) is 4.90 Å². The molecule has 1 aliphatic heterocycles. The molecule has 0 aromatic carbocycles. The second-order valence-electron chi connectivity index (χ2n) is 7.94. The Morgan fingerprint density at radius 1 is 1.38 bits per heavy atom. The first kappa shape index (κ1) is 17.0. The van der Waals surface area contributed by atoms with E-state index < -0.39 is 0 Å². The van der Waals surface area contributed by atoms with Crippen LogP contribution in [0.2, 0.25) is 0 Å². The fourth-order valence-corrected chi connectivity index (χ4v) is 4.12. The van der Waals surface area contributed by atoms with E-state index in [1.54, 1.807) is 0 Å². The highest BCUT2D eigenvalue weighted by Gasteiger charge is 2.35. The van der Waals surface area contributed by atoms with E-state index in [0.717, 1.165) is 12.5 Å². The van der Waals surface area contributed by atoms with Crippen LogP contribution in [-0.2, 0) is 6.42 Å². The van der Waals surface area contributed by atoms with Crippen molar-refractivity contribution >= 4 is 11.3 Å². The Hall–Kier alpha value is -0.380. The molecule has 1 aromatic heterocycles. The fraction of sp³-hybridized carbons (Fsp3) is 0.778. The second kappa shape index (κ2) is 7.26. The van der Waals surface area contributed by atoms with Gasteiger partial charge in [0.1, 0.15) is 0 Å². The summed E-state index contributed by atoms with van der Waals surface area (Å²) in [6.07, 6.45) is 2.48. The summed E-state index contributed by atoms with van der Waals surface area (Å²) in [6.45, 7) is 15.3. The molecule has 21 heavy (non-hydrogen) atoms. The third-order valence-electron chi connectivity index (χ3n) is 4.48. The van der Waals surface area contributed by atoms with Gasteiger partial charge in [-0.25, -0.2) is 0 Å². The summed E-state index contributed by atoms with van der Waals surface area (Å²) in [6, 6.07) is 5.73. The summed E-state index contributed by atoms with van der Waals surface area (Å²) >= 11 is 1.89. The normalized spacial score (nSPS) is 24.7. The Kier molecular flexibility index (Phi) is 5.87. The Balaban J connectivity index is 1.98. The molecule has 1 fully saturated rings. The largest absolute Gasteiger partial charge is 0.311 e. The van der Waals surface area contributed by atoms with Crippen LogP contribution in [0.1, 0.15) is 45.9 Å². The molecule has 0 spiro atoms. The number of thiophene rings is 1. The van der Waals surface area contributed by atoms with Crippen LogP contribution >= 0.6 is 11.3 Å². The van der Waals surface area contributed by atoms with Gasteiger partial charge in [0.2, 0.25) is 0 Å². The molecule has 2 rings (SSSR count). The maximum Gasteiger partial charge on any atom is 0.0269 e. The molecule has 1 aromatic rings. The molecule has 1 N–H and O–H groups in total. The smallest absolute Gasteiger partial charge is 0.0269 e. The van der Waals surface area contributed by atoms with Gasteiger partial charge in [0.05, 0.1) is 0 Å². The molecule has 2 nitrogen and oxygen atoms in total. The first-order valence-electron chi connectivity index (χ1n) is 8.36. The number of nitrogens with one attached hydrogen (secondary N) is 1. The summed E-state index contributed by atoms with van der Waals surface area (Å²) in [4.78, 5) is 4.25. The van der Waals surface area contributed by atoms with Crippen LogP contribution in [0.15, 0.2) is 17.5 Å². The van der Waals surface area contributed by atoms with Gasteiger partial charge in [-0.05, 0) is 35.6 Å². The highest BCUT2D eigenvalue weighted by Crippen LogP contribution is 2.28. The third kappa shape index (κ3) is 5.08. The van der Waals surface area contributed by atoms with E-state index >= 15 is 0 Å². The molecule has 0 saturated carbocycles. The van der Waals surface area contributed by atoms with Gasteiger partial charge in [0, 0.05) is 36.6 Å². The Morgan fingerprint density at radius 3 is 2.71 bits per heavy atom. The van der Waals surface area contributed by atoms with Crippen LogP contribution in [0, 0.1) is 11.3 Å². The molecule has 0 amide bonds. The van der Waals surface area contributed by atoms with Gasteiger partial charge in [-0.1, -0.05) is 40.7 Å². The third-order valence-corrected chi connectivity index (χ3v) is 5.41. The minimum absolute atomic E-state index is 0.339. The van der Waals surface area contributed by atoms with Crippen molar-refractivity contribution in [1.82, 2.24) is 10.2 Å². The molecule has 0 aliphatic carbocycles. The summed E-state index contributed by atoms with van der Waals surface area (Å²) in [7, 11) is 0. The first-order valence-corrected chi connectivity index (χ1v) is 9.24. The second-order valence-corrected chi connectivity index (χ2v) is 8.97. The van der Waals surface area contributed by atoms with E-state index in [2.05, 4.69) is 62.3 Å². The molecule has 120 valence electrons. The van der Waals surface area contributed by atoms with Crippen molar-refractivity contribution in [3.8, 4) is 0 Å². The van der Waals surface area contributed by atoms with E-state index in [9.17, 15) is 0 Å². The highest BCUT2D eigenvalue weighted by atomic mass is 32.1. The molecular weight excluding hydrogens is 276 g/mol. The summed E-state index contributed by atoms with van der Waals surface area (Å²) in [5, 5.41) is 5.98. The van der Waals surface area contributed by atoms with Crippen LogP contribution in [0.3, 0.4) is 0 Å². The molecular formula is C18H32N2S. The zero-order chi connectivity index (χ0) is 15.5. The van der Waals surface area contributed by atoms with Crippen LogP contribution in [-0.4, -0.2) is 36.6 Å². The zero-order valence-corrected chi connectivity index (χ0v) is 15.2. The molecule has 0 radical (unpaired) electrons. The van der Waals surface area contributed by atoms with Crippen molar-refractivity contribution in [3.63, 3.8) is 0 Å². The highest BCUT2D eigenvalue weighted by molar-refractivity contribution is 7.09. The van der Waals surface area contributed by atoms with Gasteiger partial charge in [-0.2, -0.15) is 0 Å². The summed E-state index contributed by atoms with van der Waals surface area (Å²) < 4.78 is 0. The SMILES string of the molecule is CC(C)CC1CN(CCc2cccs2)C(C(C)(C)C)CN1. The Labute approximate surface area is 134 Å². The molecule has 2 unspecified atom stereocenters. The molecule has 1 saturated heterocycles. The quantitative estimate of drug-likeness (QED) is 0.883. The van der Waals surface area contributed by atoms with Gasteiger partial charge in [0.15, 0.2) is 0 Å². The Morgan fingerprint density at radius 2 is 2.14 bits per heavy atom. The van der Waals surface area contributed by atoms with Crippen LogP contribution in [0.4, 0.5) is 0 Å². The van der Waals surface area contributed by atoms with Crippen molar-refractivity contribution in [3.05, 3.63) is 22.4 Å².